The van der Waals surface area contributed by atoms with E-state index in [1.807, 2.05) is 7.05 Å². The molecule has 1 aromatic rings. The minimum Gasteiger partial charge on any atom is -0.383 e. The Morgan fingerprint density at radius 1 is 1.50 bits per heavy atom. The topological polar surface area (TPSA) is 50.3 Å². The van der Waals surface area contributed by atoms with Crippen molar-refractivity contribution in [1.82, 2.24) is 15.1 Å². The van der Waals surface area contributed by atoms with Gasteiger partial charge in [0.1, 0.15) is 5.01 Å². The Morgan fingerprint density at radius 3 is 2.83 bits per heavy atom. The zero-order valence-electron chi connectivity index (χ0n) is 11.3. The van der Waals surface area contributed by atoms with Crippen molar-refractivity contribution in [2.45, 2.75) is 32.4 Å². The standard InChI is InChI=1S/C12H22N4OS/c1-9(10-4-5-10)16(6-7-17-3)8-11-14-15-12(13-2)18-11/h9-10H,4-8H2,1-3H3,(H,13,15). The Bertz CT molecular complexity index is 367. The second-order valence-corrected chi connectivity index (χ2v) is 5.85. The highest BCUT2D eigenvalue weighted by Gasteiger charge is 2.32. The first-order valence-electron chi connectivity index (χ1n) is 6.47. The molecule has 1 aliphatic rings. The molecule has 102 valence electrons. The van der Waals surface area contributed by atoms with Crippen LogP contribution >= 0.6 is 11.3 Å². The van der Waals surface area contributed by atoms with Crippen LogP contribution in [-0.2, 0) is 11.3 Å². The van der Waals surface area contributed by atoms with Crippen molar-refractivity contribution in [3.63, 3.8) is 0 Å². The van der Waals surface area contributed by atoms with Crippen molar-refractivity contribution in [3.05, 3.63) is 5.01 Å². The van der Waals surface area contributed by atoms with Crippen molar-refractivity contribution in [1.29, 1.82) is 0 Å². The van der Waals surface area contributed by atoms with E-state index >= 15 is 0 Å². The van der Waals surface area contributed by atoms with E-state index in [0.717, 1.165) is 35.8 Å². The van der Waals surface area contributed by atoms with Crippen LogP contribution in [0.5, 0.6) is 0 Å². The van der Waals surface area contributed by atoms with Crippen molar-refractivity contribution in [2.24, 2.45) is 5.92 Å². The maximum Gasteiger partial charge on any atom is 0.205 e. The van der Waals surface area contributed by atoms with Gasteiger partial charge in [-0.2, -0.15) is 0 Å². The predicted molar refractivity (Wildman–Crippen MR) is 73.9 cm³/mol. The highest BCUT2D eigenvalue weighted by atomic mass is 32.1. The third-order valence-corrected chi connectivity index (χ3v) is 4.41. The summed E-state index contributed by atoms with van der Waals surface area (Å²) in [6.45, 7) is 4.92. The first kappa shape index (κ1) is 13.7. The molecule has 1 saturated carbocycles. The summed E-state index contributed by atoms with van der Waals surface area (Å²) in [5.41, 5.74) is 0. The normalized spacial score (nSPS) is 17.1. The first-order chi connectivity index (χ1) is 8.74. The van der Waals surface area contributed by atoms with Crippen molar-refractivity contribution >= 4 is 16.5 Å². The van der Waals surface area contributed by atoms with Crippen molar-refractivity contribution in [2.75, 3.05) is 32.6 Å². The van der Waals surface area contributed by atoms with Crippen LogP contribution in [0.4, 0.5) is 5.13 Å². The fraction of sp³-hybridized carbons (Fsp3) is 0.833. The molecule has 1 unspecified atom stereocenters. The van der Waals surface area contributed by atoms with E-state index in [0.29, 0.717) is 6.04 Å². The lowest BCUT2D eigenvalue weighted by atomic mass is 10.2. The van der Waals surface area contributed by atoms with Crippen LogP contribution in [0.15, 0.2) is 0 Å². The molecule has 1 N–H and O–H groups in total. The largest absolute Gasteiger partial charge is 0.383 e. The molecule has 1 fully saturated rings. The van der Waals surface area contributed by atoms with Crippen molar-refractivity contribution < 1.29 is 4.74 Å². The number of aromatic nitrogens is 2. The zero-order chi connectivity index (χ0) is 13.0. The van der Waals surface area contributed by atoms with E-state index in [-0.39, 0.29) is 0 Å². The molecule has 5 nitrogen and oxygen atoms in total. The van der Waals surface area contributed by atoms with Gasteiger partial charge in [-0.25, -0.2) is 0 Å². The van der Waals surface area contributed by atoms with Gasteiger partial charge in [0, 0.05) is 26.7 Å². The Hall–Kier alpha value is -0.720. The zero-order valence-corrected chi connectivity index (χ0v) is 12.2. The number of anilines is 1. The van der Waals surface area contributed by atoms with E-state index in [4.69, 9.17) is 4.74 Å². The van der Waals surface area contributed by atoms with Gasteiger partial charge < -0.3 is 10.1 Å². The molecule has 0 bridgehead atoms. The first-order valence-corrected chi connectivity index (χ1v) is 7.29. The summed E-state index contributed by atoms with van der Waals surface area (Å²) in [5.74, 6) is 0.860. The smallest absolute Gasteiger partial charge is 0.205 e. The molecule has 1 heterocycles. The highest BCUT2D eigenvalue weighted by Crippen LogP contribution is 2.35. The quantitative estimate of drug-likeness (QED) is 0.781. The minimum atomic E-state index is 0.613. The number of ether oxygens (including phenoxy) is 1. The van der Waals surface area contributed by atoms with E-state index in [1.54, 1.807) is 18.4 Å². The SMILES string of the molecule is CNc1nnc(CN(CCOC)C(C)C2CC2)s1. The number of hydrogen-bond donors (Lipinski definition) is 1. The number of rotatable bonds is 8. The second-order valence-electron chi connectivity index (χ2n) is 4.79. The lowest BCUT2D eigenvalue weighted by Crippen LogP contribution is -2.36. The summed E-state index contributed by atoms with van der Waals surface area (Å²) < 4.78 is 5.20. The van der Waals surface area contributed by atoms with Gasteiger partial charge in [0.2, 0.25) is 5.13 Å². The Balaban J connectivity index is 1.94. The number of nitrogens with one attached hydrogen (secondary N) is 1. The molecule has 1 aromatic heterocycles. The highest BCUT2D eigenvalue weighted by molar-refractivity contribution is 7.15. The molecule has 0 radical (unpaired) electrons. The van der Waals surface area contributed by atoms with Crippen molar-refractivity contribution in [3.8, 4) is 0 Å². The van der Waals surface area contributed by atoms with Crippen LogP contribution in [0, 0.1) is 5.92 Å². The van der Waals surface area contributed by atoms with E-state index in [1.165, 1.54) is 12.8 Å². The predicted octanol–water partition coefficient (Wildman–Crippen LogP) is 1.83. The summed E-state index contributed by atoms with van der Waals surface area (Å²) in [7, 11) is 3.63. The lowest BCUT2D eigenvalue weighted by Gasteiger charge is -2.27. The van der Waals surface area contributed by atoms with Gasteiger partial charge in [-0.15, -0.1) is 10.2 Å². The summed E-state index contributed by atoms with van der Waals surface area (Å²) in [4.78, 5) is 2.46. The van der Waals surface area contributed by atoms with Gasteiger partial charge >= 0.3 is 0 Å². The van der Waals surface area contributed by atoms with Gasteiger partial charge in [0.25, 0.3) is 0 Å². The summed E-state index contributed by atoms with van der Waals surface area (Å²) >= 11 is 1.63. The summed E-state index contributed by atoms with van der Waals surface area (Å²) in [6.07, 6.45) is 2.73. The average Bonchev–Trinajstić information content (AvgIpc) is 3.14. The Kier molecular flexibility index (Phi) is 4.91. The minimum absolute atomic E-state index is 0.613. The van der Waals surface area contributed by atoms with Gasteiger partial charge in [-0.3, -0.25) is 4.90 Å². The molecule has 6 heteroatoms. The molecule has 18 heavy (non-hydrogen) atoms. The Morgan fingerprint density at radius 2 is 2.28 bits per heavy atom. The molecule has 1 aliphatic carbocycles. The van der Waals surface area contributed by atoms with Crippen LogP contribution in [0.3, 0.4) is 0 Å². The van der Waals surface area contributed by atoms with Crippen LogP contribution < -0.4 is 5.32 Å². The van der Waals surface area contributed by atoms with Gasteiger partial charge in [0.05, 0.1) is 13.2 Å². The molecule has 2 rings (SSSR count). The summed E-state index contributed by atoms with van der Waals surface area (Å²) in [6, 6.07) is 0.613. The molecule has 0 spiro atoms. The third kappa shape index (κ3) is 3.63. The molecule has 0 aliphatic heterocycles. The molecular weight excluding hydrogens is 248 g/mol. The summed E-state index contributed by atoms with van der Waals surface area (Å²) in [5, 5.41) is 13.3. The van der Waals surface area contributed by atoms with Gasteiger partial charge in [0.15, 0.2) is 0 Å². The van der Waals surface area contributed by atoms with Gasteiger partial charge in [-0.05, 0) is 25.7 Å². The van der Waals surface area contributed by atoms with E-state index in [2.05, 4.69) is 27.3 Å². The molecule has 0 amide bonds. The molecule has 1 atom stereocenters. The number of nitrogens with zero attached hydrogens (tertiary/aromatic N) is 3. The Labute approximate surface area is 113 Å². The maximum absolute atomic E-state index is 5.20. The lowest BCUT2D eigenvalue weighted by molar-refractivity contribution is 0.111. The monoisotopic (exact) mass is 270 g/mol. The number of methoxy groups -OCH3 is 1. The number of hydrogen-bond acceptors (Lipinski definition) is 6. The van der Waals surface area contributed by atoms with Crippen LogP contribution in [0.25, 0.3) is 0 Å². The van der Waals surface area contributed by atoms with E-state index in [9.17, 15) is 0 Å². The maximum atomic E-state index is 5.20. The average molecular weight is 270 g/mol. The van der Waals surface area contributed by atoms with Gasteiger partial charge in [-0.1, -0.05) is 11.3 Å². The van der Waals surface area contributed by atoms with E-state index < -0.39 is 0 Å². The van der Waals surface area contributed by atoms with Crippen LogP contribution in [0.2, 0.25) is 0 Å². The molecule has 0 aromatic carbocycles. The van der Waals surface area contributed by atoms with Crippen LogP contribution in [0.1, 0.15) is 24.8 Å². The second kappa shape index (κ2) is 6.45. The van der Waals surface area contributed by atoms with Crippen LogP contribution in [-0.4, -0.2) is 48.4 Å². The third-order valence-electron chi connectivity index (χ3n) is 3.48. The molecule has 0 saturated heterocycles. The fourth-order valence-corrected chi connectivity index (χ4v) is 2.82. The molecular formula is C12H22N4OS. The fourth-order valence-electron chi connectivity index (χ4n) is 2.10.